The summed E-state index contributed by atoms with van der Waals surface area (Å²) in [4.78, 5) is 41.5. The van der Waals surface area contributed by atoms with Crippen LogP contribution in [0.25, 0.3) is 0 Å². The van der Waals surface area contributed by atoms with Crippen LogP contribution in [0.4, 0.5) is 4.79 Å². The summed E-state index contributed by atoms with van der Waals surface area (Å²) in [7, 11) is 0. The molecule has 2 fully saturated rings. The van der Waals surface area contributed by atoms with Crippen LogP contribution < -0.4 is 4.90 Å². The van der Waals surface area contributed by atoms with Gasteiger partial charge in [0.05, 0.1) is 6.54 Å². The number of hydrogen-bond donors (Lipinski definition) is 1. The van der Waals surface area contributed by atoms with E-state index in [2.05, 4.69) is 19.1 Å². The van der Waals surface area contributed by atoms with E-state index < -0.39 is 17.8 Å². The van der Waals surface area contributed by atoms with Crippen LogP contribution in [0.5, 0.6) is 0 Å². The second-order valence-corrected chi connectivity index (χ2v) is 7.87. The minimum atomic E-state index is -0.654. The first-order valence-electron chi connectivity index (χ1n) is 9.65. The molecule has 138 valence electrons. The molecule has 1 N–H and O–H groups in total. The smallest absolute Gasteiger partial charge is 0.313 e. The van der Waals surface area contributed by atoms with Crippen molar-refractivity contribution in [3.63, 3.8) is 0 Å². The second kappa shape index (κ2) is 6.83. The van der Waals surface area contributed by atoms with Crippen molar-refractivity contribution < 1.29 is 19.3 Å². The van der Waals surface area contributed by atoms with E-state index in [4.69, 9.17) is 0 Å². The molecule has 0 radical (unpaired) electrons. The molecule has 3 aliphatic rings. The molecule has 0 aromatic heterocycles. The van der Waals surface area contributed by atoms with Gasteiger partial charge in [-0.05, 0) is 24.3 Å². The number of amides is 4. The number of fused-ring (bicyclic) bond motifs is 1. The van der Waals surface area contributed by atoms with Crippen LogP contribution in [0.2, 0.25) is 0 Å². The Labute approximate surface area is 153 Å². The van der Waals surface area contributed by atoms with E-state index in [0.717, 1.165) is 50.1 Å². The van der Waals surface area contributed by atoms with Crippen molar-refractivity contribution in [1.82, 2.24) is 9.80 Å². The van der Waals surface area contributed by atoms with E-state index in [1.165, 1.54) is 20.9 Å². The molecular weight excluding hydrogens is 330 g/mol. The topological polar surface area (TPSA) is 62.1 Å². The Kier molecular flexibility index (Phi) is 4.53. The Morgan fingerprint density at radius 3 is 2.54 bits per heavy atom. The van der Waals surface area contributed by atoms with E-state index in [1.54, 1.807) is 0 Å². The van der Waals surface area contributed by atoms with Gasteiger partial charge >= 0.3 is 17.8 Å². The van der Waals surface area contributed by atoms with Gasteiger partial charge < -0.3 is 4.90 Å². The van der Waals surface area contributed by atoms with Gasteiger partial charge in [-0.3, -0.25) is 14.5 Å². The third-order valence-corrected chi connectivity index (χ3v) is 6.17. The SMILES string of the molecule is C[C@@H]1CCCC[C@H]1N1C(=O)C(=O)N(C[NH+]2CCc3ccccc3C2)C1=O. The number of carbonyl (C=O) groups excluding carboxylic acids is 3. The number of carbonyl (C=O) groups is 3. The highest BCUT2D eigenvalue weighted by Crippen LogP contribution is 2.31. The van der Waals surface area contributed by atoms with Gasteiger partial charge in [0, 0.05) is 18.0 Å². The van der Waals surface area contributed by atoms with Crippen LogP contribution >= 0.6 is 0 Å². The predicted octanol–water partition coefficient (Wildman–Crippen LogP) is 0.955. The monoisotopic (exact) mass is 356 g/mol. The lowest BCUT2D eigenvalue weighted by molar-refractivity contribution is -0.923. The molecule has 4 amide bonds. The first-order chi connectivity index (χ1) is 12.6. The maximum atomic E-state index is 12.9. The molecule has 0 spiro atoms. The molecule has 6 heteroatoms. The molecule has 0 bridgehead atoms. The third kappa shape index (κ3) is 2.92. The molecule has 3 atom stereocenters. The molecule has 1 unspecified atom stereocenters. The van der Waals surface area contributed by atoms with Crippen LogP contribution in [-0.2, 0) is 22.6 Å². The van der Waals surface area contributed by atoms with Gasteiger partial charge in [-0.25, -0.2) is 9.69 Å². The zero-order chi connectivity index (χ0) is 18.3. The Bertz CT molecular complexity index is 748. The molecule has 1 saturated heterocycles. The summed E-state index contributed by atoms with van der Waals surface area (Å²) in [5.41, 5.74) is 2.60. The maximum absolute atomic E-state index is 12.9. The summed E-state index contributed by atoms with van der Waals surface area (Å²) in [6, 6.07) is 7.75. The first kappa shape index (κ1) is 17.2. The molecule has 1 aromatic carbocycles. The van der Waals surface area contributed by atoms with Crippen LogP contribution in [0.3, 0.4) is 0 Å². The fourth-order valence-corrected chi connectivity index (χ4v) is 4.64. The van der Waals surface area contributed by atoms with Gasteiger partial charge in [-0.1, -0.05) is 44.0 Å². The van der Waals surface area contributed by atoms with E-state index >= 15 is 0 Å². The normalized spacial score (nSPS) is 29.3. The number of nitrogens with one attached hydrogen (secondary N) is 1. The summed E-state index contributed by atoms with van der Waals surface area (Å²) < 4.78 is 0. The third-order valence-electron chi connectivity index (χ3n) is 6.17. The van der Waals surface area contributed by atoms with Gasteiger partial charge in [-0.15, -0.1) is 0 Å². The van der Waals surface area contributed by atoms with Crippen molar-refractivity contribution in [3.8, 4) is 0 Å². The number of rotatable bonds is 3. The maximum Gasteiger partial charge on any atom is 0.338 e. The Morgan fingerprint density at radius 2 is 1.77 bits per heavy atom. The van der Waals surface area contributed by atoms with E-state index in [0.29, 0.717) is 0 Å². The molecule has 1 saturated carbocycles. The lowest BCUT2D eigenvalue weighted by atomic mass is 9.85. The lowest BCUT2D eigenvalue weighted by Gasteiger charge is -2.34. The highest BCUT2D eigenvalue weighted by molar-refractivity contribution is 6.44. The van der Waals surface area contributed by atoms with E-state index in [9.17, 15) is 14.4 Å². The average molecular weight is 356 g/mol. The summed E-state index contributed by atoms with van der Waals surface area (Å²) >= 11 is 0. The summed E-state index contributed by atoms with van der Waals surface area (Å²) in [5.74, 6) is -1.02. The van der Waals surface area contributed by atoms with Gasteiger partial charge in [-0.2, -0.15) is 0 Å². The van der Waals surface area contributed by atoms with Crippen molar-refractivity contribution in [2.75, 3.05) is 13.2 Å². The minimum Gasteiger partial charge on any atom is -0.313 e. The van der Waals surface area contributed by atoms with Gasteiger partial charge in [0.2, 0.25) is 0 Å². The number of imide groups is 2. The van der Waals surface area contributed by atoms with E-state index in [-0.39, 0.29) is 18.6 Å². The fourth-order valence-electron chi connectivity index (χ4n) is 4.64. The molecule has 1 aliphatic carbocycles. The molecule has 2 heterocycles. The van der Waals surface area contributed by atoms with Crippen molar-refractivity contribution in [2.24, 2.45) is 5.92 Å². The van der Waals surface area contributed by atoms with Crippen molar-refractivity contribution in [2.45, 2.75) is 51.6 Å². The van der Waals surface area contributed by atoms with Crippen LogP contribution in [-0.4, -0.2) is 46.9 Å². The quantitative estimate of drug-likeness (QED) is 0.648. The number of hydrogen-bond acceptors (Lipinski definition) is 3. The van der Waals surface area contributed by atoms with Crippen molar-refractivity contribution in [1.29, 1.82) is 0 Å². The average Bonchev–Trinajstić information content (AvgIpc) is 2.86. The predicted molar refractivity (Wildman–Crippen MR) is 95.1 cm³/mol. The van der Waals surface area contributed by atoms with Crippen LogP contribution in [0.1, 0.15) is 43.7 Å². The number of benzene rings is 1. The molecule has 26 heavy (non-hydrogen) atoms. The van der Waals surface area contributed by atoms with Crippen molar-refractivity contribution >= 4 is 17.8 Å². The summed E-state index contributed by atoms with van der Waals surface area (Å²) in [5, 5.41) is 0. The number of urea groups is 1. The number of quaternary nitrogens is 1. The van der Waals surface area contributed by atoms with Gasteiger partial charge in [0.25, 0.3) is 0 Å². The lowest BCUT2D eigenvalue weighted by Crippen LogP contribution is -3.13. The molecule has 4 rings (SSSR count). The van der Waals surface area contributed by atoms with Gasteiger partial charge in [0.1, 0.15) is 6.54 Å². The second-order valence-electron chi connectivity index (χ2n) is 7.87. The van der Waals surface area contributed by atoms with Crippen molar-refractivity contribution in [3.05, 3.63) is 35.4 Å². The Hall–Kier alpha value is -2.21. The molecule has 1 aromatic rings. The fraction of sp³-hybridized carbons (Fsp3) is 0.550. The zero-order valence-corrected chi connectivity index (χ0v) is 15.2. The van der Waals surface area contributed by atoms with Crippen LogP contribution in [0.15, 0.2) is 24.3 Å². The zero-order valence-electron chi connectivity index (χ0n) is 15.2. The standard InChI is InChI=1S/C20H25N3O3/c1-14-6-2-5-9-17(14)23-19(25)18(24)22(20(23)26)13-21-11-10-15-7-3-4-8-16(15)12-21/h3-4,7-8,14,17H,2,5-6,9-13H2,1H3/p+1/t14-,17-/m1/s1. The minimum absolute atomic E-state index is 0.130. The highest BCUT2D eigenvalue weighted by atomic mass is 16.2. The number of nitrogens with zero attached hydrogens (tertiary/aromatic N) is 2. The summed E-state index contributed by atoms with van der Waals surface area (Å²) in [6.45, 7) is 3.99. The highest BCUT2D eigenvalue weighted by Gasteiger charge is 2.50. The first-order valence-corrected chi connectivity index (χ1v) is 9.65. The molecule has 2 aliphatic heterocycles. The Morgan fingerprint density at radius 1 is 1.04 bits per heavy atom. The largest absolute Gasteiger partial charge is 0.338 e. The van der Waals surface area contributed by atoms with Gasteiger partial charge in [0.15, 0.2) is 6.67 Å². The Balaban J connectivity index is 1.48. The van der Waals surface area contributed by atoms with Crippen LogP contribution in [0, 0.1) is 5.92 Å². The molecular formula is C20H26N3O3+. The molecule has 6 nitrogen and oxygen atoms in total. The summed E-state index contributed by atoms with van der Waals surface area (Å²) in [6.07, 6.45) is 4.88. The van der Waals surface area contributed by atoms with E-state index in [1.807, 2.05) is 12.1 Å².